The topological polar surface area (TPSA) is 37.8 Å². The maximum absolute atomic E-state index is 12.5. The number of aromatic amines is 1. The number of hydrogen-bond donors (Lipinski definition) is 1. The molecule has 1 N–H and O–H groups in total. The van der Waals surface area contributed by atoms with Gasteiger partial charge in [-0.05, 0) is 43.3 Å². The lowest BCUT2D eigenvalue weighted by Gasteiger charge is -2.08. The van der Waals surface area contributed by atoms with Crippen molar-refractivity contribution in [3.8, 4) is 0 Å². The molecule has 21 heavy (non-hydrogen) atoms. The van der Waals surface area contributed by atoms with Crippen molar-refractivity contribution < 1.29 is 0 Å². The summed E-state index contributed by atoms with van der Waals surface area (Å²) < 4.78 is 2.11. The normalized spacial score (nSPS) is 10.9. The minimum absolute atomic E-state index is 0.0264. The molecule has 0 fully saturated rings. The van der Waals surface area contributed by atoms with Gasteiger partial charge in [0.15, 0.2) is 4.77 Å². The van der Waals surface area contributed by atoms with E-state index in [0.29, 0.717) is 16.7 Å². The Kier molecular flexibility index (Phi) is 3.71. The van der Waals surface area contributed by atoms with Crippen LogP contribution in [0.4, 0.5) is 0 Å². The fourth-order valence-electron chi connectivity index (χ4n) is 2.40. The van der Waals surface area contributed by atoms with E-state index in [2.05, 4.69) is 36.2 Å². The molecule has 0 spiro atoms. The number of nitrogens with zero attached hydrogens (tertiary/aromatic N) is 1. The molecule has 0 saturated carbocycles. The molecule has 0 radical (unpaired) electrons. The Bertz CT molecular complexity index is 891. The zero-order valence-electron chi connectivity index (χ0n) is 11.8. The molecule has 4 heteroatoms. The third-order valence-corrected chi connectivity index (χ3v) is 3.96. The molecule has 0 amide bonds. The van der Waals surface area contributed by atoms with Crippen molar-refractivity contribution >= 4 is 23.1 Å². The SMILES string of the molecule is Cc1ccc(CCn2c(=S)[nH]c3ccccc3c2=O)cc1. The van der Waals surface area contributed by atoms with Gasteiger partial charge in [0.2, 0.25) is 0 Å². The Labute approximate surface area is 127 Å². The number of rotatable bonds is 3. The van der Waals surface area contributed by atoms with Gasteiger partial charge in [-0.2, -0.15) is 0 Å². The second-order valence-electron chi connectivity index (χ2n) is 5.17. The molecule has 1 heterocycles. The summed E-state index contributed by atoms with van der Waals surface area (Å²) in [6.07, 6.45) is 0.788. The van der Waals surface area contributed by atoms with Crippen molar-refractivity contribution in [1.29, 1.82) is 0 Å². The Balaban J connectivity index is 1.95. The lowest BCUT2D eigenvalue weighted by molar-refractivity contribution is 0.652. The third-order valence-electron chi connectivity index (χ3n) is 3.63. The van der Waals surface area contributed by atoms with Crippen molar-refractivity contribution in [3.63, 3.8) is 0 Å². The highest BCUT2D eigenvalue weighted by atomic mass is 32.1. The second-order valence-corrected chi connectivity index (χ2v) is 5.55. The summed E-state index contributed by atoms with van der Waals surface area (Å²) in [6.45, 7) is 2.65. The maximum atomic E-state index is 12.5. The van der Waals surface area contributed by atoms with Gasteiger partial charge in [-0.25, -0.2) is 0 Å². The zero-order chi connectivity index (χ0) is 14.8. The number of hydrogen-bond acceptors (Lipinski definition) is 2. The van der Waals surface area contributed by atoms with E-state index in [0.717, 1.165) is 11.9 Å². The first kappa shape index (κ1) is 13.8. The molecule has 0 atom stereocenters. The average molecular weight is 296 g/mol. The van der Waals surface area contributed by atoms with Crippen LogP contribution in [0.25, 0.3) is 10.9 Å². The Hall–Kier alpha value is -2.20. The van der Waals surface area contributed by atoms with Gasteiger partial charge in [0, 0.05) is 6.54 Å². The molecule has 2 aromatic carbocycles. The van der Waals surface area contributed by atoms with Crippen molar-refractivity contribution in [2.45, 2.75) is 19.9 Å². The largest absolute Gasteiger partial charge is 0.332 e. The number of aryl methyl sites for hydroxylation is 2. The number of nitrogens with one attached hydrogen (secondary N) is 1. The predicted molar refractivity (Wildman–Crippen MR) is 88.3 cm³/mol. The van der Waals surface area contributed by atoms with Crippen LogP contribution in [0.15, 0.2) is 53.3 Å². The van der Waals surface area contributed by atoms with Gasteiger partial charge in [0.05, 0.1) is 10.9 Å². The number of benzene rings is 2. The number of para-hydroxylation sites is 1. The van der Waals surface area contributed by atoms with Crippen molar-refractivity contribution in [2.75, 3.05) is 0 Å². The Morgan fingerprint density at radius 2 is 1.81 bits per heavy atom. The molecule has 1 aromatic heterocycles. The maximum Gasteiger partial charge on any atom is 0.262 e. The van der Waals surface area contributed by atoms with Crippen LogP contribution in [0.2, 0.25) is 0 Å². The van der Waals surface area contributed by atoms with E-state index in [1.165, 1.54) is 11.1 Å². The van der Waals surface area contributed by atoms with Crippen LogP contribution in [0.1, 0.15) is 11.1 Å². The highest BCUT2D eigenvalue weighted by molar-refractivity contribution is 7.71. The van der Waals surface area contributed by atoms with E-state index in [4.69, 9.17) is 12.2 Å². The van der Waals surface area contributed by atoms with Crippen LogP contribution < -0.4 is 5.56 Å². The molecule has 0 aliphatic heterocycles. The fourth-order valence-corrected chi connectivity index (χ4v) is 2.68. The number of H-pyrrole nitrogens is 1. The van der Waals surface area contributed by atoms with E-state index in [1.807, 2.05) is 24.3 Å². The molecular formula is C17H16N2OS. The minimum Gasteiger partial charge on any atom is -0.332 e. The molecule has 0 bridgehead atoms. The number of fused-ring (bicyclic) bond motifs is 1. The van der Waals surface area contributed by atoms with Crippen molar-refractivity contribution in [3.05, 3.63) is 74.8 Å². The van der Waals surface area contributed by atoms with E-state index >= 15 is 0 Å². The lowest BCUT2D eigenvalue weighted by Crippen LogP contribution is -2.23. The fraction of sp³-hybridized carbons (Fsp3) is 0.176. The molecule has 0 saturated heterocycles. The molecular weight excluding hydrogens is 280 g/mol. The summed E-state index contributed by atoms with van der Waals surface area (Å²) in [5.74, 6) is 0. The molecule has 106 valence electrons. The Morgan fingerprint density at radius 3 is 2.57 bits per heavy atom. The summed E-state index contributed by atoms with van der Waals surface area (Å²) in [4.78, 5) is 15.6. The van der Waals surface area contributed by atoms with E-state index in [9.17, 15) is 4.79 Å². The second kappa shape index (κ2) is 5.66. The van der Waals surface area contributed by atoms with Crippen LogP contribution in [-0.2, 0) is 13.0 Å². The summed E-state index contributed by atoms with van der Waals surface area (Å²) in [5, 5.41) is 0.676. The van der Waals surface area contributed by atoms with Gasteiger partial charge in [-0.3, -0.25) is 9.36 Å². The van der Waals surface area contributed by atoms with Gasteiger partial charge in [-0.1, -0.05) is 42.0 Å². The number of aromatic nitrogens is 2. The van der Waals surface area contributed by atoms with Gasteiger partial charge in [0.1, 0.15) is 0 Å². The van der Waals surface area contributed by atoms with Crippen LogP contribution in [0, 0.1) is 11.7 Å². The van der Waals surface area contributed by atoms with E-state index in [1.54, 1.807) is 4.57 Å². The smallest absolute Gasteiger partial charge is 0.262 e. The first-order valence-electron chi connectivity index (χ1n) is 6.92. The van der Waals surface area contributed by atoms with Gasteiger partial charge in [0.25, 0.3) is 5.56 Å². The summed E-state index contributed by atoms with van der Waals surface area (Å²) in [6, 6.07) is 15.8. The van der Waals surface area contributed by atoms with E-state index in [-0.39, 0.29) is 5.56 Å². The van der Waals surface area contributed by atoms with Gasteiger partial charge < -0.3 is 4.98 Å². The van der Waals surface area contributed by atoms with Crippen LogP contribution >= 0.6 is 12.2 Å². The molecule has 0 unspecified atom stereocenters. The standard InChI is InChI=1S/C17H16N2OS/c1-12-6-8-13(9-7-12)10-11-19-16(20)14-4-2-3-5-15(14)18-17(19)21/h2-9H,10-11H2,1H3,(H,18,21). The van der Waals surface area contributed by atoms with E-state index < -0.39 is 0 Å². The van der Waals surface area contributed by atoms with Crippen molar-refractivity contribution in [2.24, 2.45) is 0 Å². The third kappa shape index (κ3) is 2.81. The molecule has 3 aromatic rings. The van der Waals surface area contributed by atoms with Gasteiger partial charge in [-0.15, -0.1) is 0 Å². The summed E-state index contributed by atoms with van der Waals surface area (Å²) in [7, 11) is 0. The van der Waals surface area contributed by atoms with Gasteiger partial charge >= 0.3 is 0 Å². The van der Waals surface area contributed by atoms with Crippen LogP contribution in [0.3, 0.4) is 0 Å². The first-order chi connectivity index (χ1) is 10.1. The van der Waals surface area contributed by atoms with Crippen LogP contribution in [0.5, 0.6) is 0 Å². The molecule has 0 aliphatic rings. The highest BCUT2D eigenvalue weighted by Crippen LogP contribution is 2.08. The monoisotopic (exact) mass is 296 g/mol. The minimum atomic E-state index is -0.0264. The lowest BCUT2D eigenvalue weighted by atomic mass is 10.1. The Morgan fingerprint density at radius 1 is 1.10 bits per heavy atom. The molecule has 0 aliphatic carbocycles. The highest BCUT2D eigenvalue weighted by Gasteiger charge is 2.05. The summed E-state index contributed by atoms with van der Waals surface area (Å²) >= 11 is 5.31. The average Bonchev–Trinajstić information content (AvgIpc) is 2.49. The first-order valence-corrected chi connectivity index (χ1v) is 7.33. The molecule has 3 nitrogen and oxygen atoms in total. The van der Waals surface area contributed by atoms with Crippen LogP contribution in [-0.4, -0.2) is 9.55 Å². The van der Waals surface area contributed by atoms with Crippen molar-refractivity contribution in [1.82, 2.24) is 9.55 Å². The summed E-state index contributed by atoms with van der Waals surface area (Å²) in [5.41, 5.74) is 3.20. The molecule has 3 rings (SSSR count). The quantitative estimate of drug-likeness (QED) is 0.750. The predicted octanol–water partition coefficient (Wildman–Crippen LogP) is 3.61. The zero-order valence-corrected chi connectivity index (χ0v) is 12.6.